The fourth-order valence-electron chi connectivity index (χ4n) is 1.96. The standard InChI is InChI=1S/C14H15N3O3/c1-3-17(2)13(18)8-5-4-6-10-12(8)9(15)7-11(16-10)14(19)20/h4-7H,3H2,1-2H3,(H2,15,16)(H,19,20). The highest BCUT2D eigenvalue weighted by Crippen LogP contribution is 2.25. The van der Waals surface area contributed by atoms with Gasteiger partial charge in [-0.15, -0.1) is 0 Å². The molecule has 20 heavy (non-hydrogen) atoms. The van der Waals surface area contributed by atoms with Crippen molar-refractivity contribution in [2.75, 3.05) is 19.3 Å². The molecule has 1 aromatic carbocycles. The van der Waals surface area contributed by atoms with Gasteiger partial charge in [0.05, 0.1) is 11.1 Å². The smallest absolute Gasteiger partial charge is 0.354 e. The van der Waals surface area contributed by atoms with Gasteiger partial charge >= 0.3 is 5.97 Å². The molecule has 0 spiro atoms. The SMILES string of the molecule is CCN(C)C(=O)c1cccc2nc(C(=O)O)cc(N)c12. The van der Waals surface area contributed by atoms with Gasteiger partial charge in [0.15, 0.2) is 5.69 Å². The van der Waals surface area contributed by atoms with Crippen LogP contribution < -0.4 is 5.73 Å². The number of benzene rings is 1. The van der Waals surface area contributed by atoms with Crippen LogP contribution in [-0.2, 0) is 0 Å². The van der Waals surface area contributed by atoms with Gasteiger partial charge in [0.25, 0.3) is 5.91 Å². The Morgan fingerprint density at radius 1 is 1.40 bits per heavy atom. The Hall–Kier alpha value is -2.63. The van der Waals surface area contributed by atoms with Gasteiger partial charge in [-0.05, 0) is 25.1 Å². The largest absolute Gasteiger partial charge is 0.477 e. The van der Waals surface area contributed by atoms with E-state index in [0.29, 0.717) is 23.0 Å². The molecule has 0 fully saturated rings. The van der Waals surface area contributed by atoms with Crippen molar-refractivity contribution in [1.82, 2.24) is 9.88 Å². The number of carbonyl (C=O) groups excluding carboxylic acids is 1. The van der Waals surface area contributed by atoms with Crippen LogP contribution in [0.1, 0.15) is 27.8 Å². The molecule has 0 atom stereocenters. The Morgan fingerprint density at radius 2 is 2.10 bits per heavy atom. The zero-order valence-electron chi connectivity index (χ0n) is 11.3. The van der Waals surface area contributed by atoms with E-state index in [2.05, 4.69) is 4.98 Å². The van der Waals surface area contributed by atoms with Crippen molar-refractivity contribution in [1.29, 1.82) is 0 Å². The third-order valence-electron chi connectivity index (χ3n) is 3.13. The quantitative estimate of drug-likeness (QED) is 0.885. The van der Waals surface area contributed by atoms with Crippen molar-refractivity contribution in [3.63, 3.8) is 0 Å². The molecule has 1 aromatic heterocycles. The molecule has 104 valence electrons. The van der Waals surface area contributed by atoms with Crippen molar-refractivity contribution in [2.24, 2.45) is 0 Å². The van der Waals surface area contributed by atoms with Crippen LogP contribution in [0.3, 0.4) is 0 Å². The summed E-state index contributed by atoms with van der Waals surface area (Å²) in [5, 5.41) is 9.47. The Kier molecular flexibility index (Phi) is 3.56. The third kappa shape index (κ3) is 2.27. The highest BCUT2D eigenvalue weighted by Gasteiger charge is 2.17. The van der Waals surface area contributed by atoms with E-state index in [1.54, 1.807) is 30.1 Å². The highest BCUT2D eigenvalue weighted by molar-refractivity contribution is 6.11. The molecule has 0 radical (unpaired) electrons. The van der Waals surface area contributed by atoms with E-state index in [1.165, 1.54) is 6.07 Å². The lowest BCUT2D eigenvalue weighted by Gasteiger charge is -2.16. The van der Waals surface area contributed by atoms with Crippen LogP contribution in [0.25, 0.3) is 10.9 Å². The van der Waals surface area contributed by atoms with Gasteiger partial charge in [0.2, 0.25) is 0 Å². The highest BCUT2D eigenvalue weighted by atomic mass is 16.4. The van der Waals surface area contributed by atoms with E-state index in [4.69, 9.17) is 10.8 Å². The van der Waals surface area contributed by atoms with Gasteiger partial charge in [-0.2, -0.15) is 0 Å². The monoisotopic (exact) mass is 273 g/mol. The van der Waals surface area contributed by atoms with Crippen molar-refractivity contribution in [3.05, 3.63) is 35.5 Å². The van der Waals surface area contributed by atoms with E-state index in [9.17, 15) is 9.59 Å². The molecule has 2 rings (SSSR count). The topological polar surface area (TPSA) is 96.5 Å². The van der Waals surface area contributed by atoms with E-state index < -0.39 is 5.97 Å². The maximum atomic E-state index is 12.3. The number of nitrogens with zero attached hydrogens (tertiary/aromatic N) is 2. The molecule has 0 saturated carbocycles. The molecule has 0 aliphatic heterocycles. The molecule has 1 amide bonds. The first-order valence-corrected chi connectivity index (χ1v) is 6.13. The number of amides is 1. The Balaban J connectivity index is 2.70. The predicted octanol–water partition coefficient (Wildman–Crippen LogP) is 1.61. The molecule has 3 N–H and O–H groups in total. The minimum Gasteiger partial charge on any atom is -0.477 e. The third-order valence-corrected chi connectivity index (χ3v) is 3.13. The molecule has 1 heterocycles. The first-order chi connectivity index (χ1) is 9.45. The number of carbonyl (C=O) groups is 2. The first-order valence-electron chi connectivity index (χ1n) is 6.13. The normalized spacial score (nSPS) is 10.5. The molecule has 0 aliphatic rings. The summed E-state index contributed by atoms with van der Waals surface area (Å²) in [7, 11) is 1.69. The van der Waals surface area contributed by atoms with Crippen molar-refractivity contribution in [3.8, 4) is 0 Å². The second-order valence-corrected chi connectivity index (χ2v) is 4.42. The van der Waals surface area contributed by atoms with Crippen molar-refractivity contribution < 1.29 is 14.7 Å². The number of pyridine rings is 1. The van der Waals surface area contributed by atoms with E-state index in [0.717, 1.165) is 0 Å². The number of fused-ring (bicyclic) bond motifs is 1. The number of nitrogens with two attached hydrogens (primary N) is 1. The predicted molar refractivity (Wildman–Crippen MR) is 75.7 cm³/mol. The maximum absolute atomic E-state index is 12.3. The summed E-state index contributed by atoms with van der Waals surface area (Å²) in [5.41, 5.74) is 6.83. The van der Waals surface area contributed by atoms with Gasteiger partial charge in [0.1, 0.15) is 0 Å². The fourth-order valence-corrected chi connectivity index (χ4v) is 1.96. The number of hydrogen-bond donors (Lipinski definition) is 2. The maximum Gasteiger partial charge on any atom is 0.354 e. The summed E-state index contributed by atoms with van der Waals surface area (Å²) in [6.45, 7) is 2.43. The van der Waals surface area contributed by atoms with Crippen molar-refractivity contribution in [2.45, 2.75) is 6.92 Å². The summed E-state index contributed by atoms with van der Waals surface area (Å²) in [6, 6.07) is 6.24. The Labute approximate surface area is 115 Å². The van der Waals surface area contributed by atoms with Gasteiger partial charge in [-0.3, -0.25) is 4.79 Å². The lowest BCUT2D eigenvalue weighted by molar-refractivity contribution is 0.0690. The summed E-state index contributed by atoms with van der Waals surface area (Å²) in [6.07, 6.45) is 0. The van der Waals surface area contributed by atoms with Gasteiger partial charge in [0, 0.05) is 24.7 Å². The van der Waals surface area contributed by atoms with Crippen LogP contribution in [-0.4, -0.2) is 40.5 Å². The summed E-state index contributed by atoms with van der Waals surface area (Å²) < 4.78 is 0. The molecule has 6 heteroatoms. The average Bonchev–Trinajstić information content (AvgIpc) is 2.44. The molecule has 0 saturated heterocycles. The zero-order chi connectivity index (χ0) is 14.9. The van der Waals surface area contributed by atoms with Gasteiger partial charge < -0.3 is 15.7 Å². The molecular formula is C14H15N3O3. The second kappa shape index (κ2) is 5.16. The Bertz CT molecular complexity index is 697. The molecule has 6 nitrogen and oxygen atoms in total. The van der Waals surface area contributed by atoms with Crippen LogP contribution in [0.2, 0.25) is 0 Å². The van der Waals surface area contributed by atoms with Gasteiger partial charge in [-0.1, -0.05) is 6.07 Å². The van der Waals surface area contributed by atoms with Crippen LogP contribution in [0, 0.1) is 0 Å². The molecular weight excluding hydrogens is 258 g/mol. The lowest BCUT2D eigenvalue weighted by atomic mass is 10.0. The second-order valence-electron chi connectivity index (χ2n) is 4.42. The molecule has 0 aliphatic carbocycles. The number of aromatic carboxylic acids is 1. The van der Waals surface area contributed by atoms with Crippen LogP contribution in [0.5, 0.6) is 0 Å². The number of anilines is 1. The Morgan fingerprint density at radius 3 is 2.70 bits per heavy atom. The van der Waals surface area contributed by atoms with E-state index in [-0.39, 0.29) is 17.3 Å². The number of aromatic nitrogens is 1. The fraction of sp³-hybridized carbons (Fsp3) is 0.214. The minimum atomic E-state index is -1.15. The zero-order valence-corrected chi connectivity index (χ0v) is 11.3. The first kappa shape index (κ1) is 13.8. The van der Waals surface area contributed by atoms with Crippen molar-refractivity contribution >= 4 is 28.5 Å². The number of hydrogen-bond acceptors (Lipinski definition) is 4. The number of carboxylic acids is 1. The number of rotatable bonds is 3. The van der Waals surface area contributed by atoms with Gasteiger partial charge in [-0.25, -0.2) is 9.78 Å². The number of nitrogen functional groups attached to an aromatic ring is 1. The number of carboxylic acid groups (broad SMARTS) is 1. The van der Waals surface area contributed by atoms with Crippen LogP contribution in [0.15, 0.2) is 24.3 Å². The molecule has 0 unspecified atom stereocenters. The lowest BCUT2D eigenvalue weighted by Crippen LogP contribution is -2.26. The average molecular weight is 273 g/mol. The summed E-state index contributed by atoms with van der Waals surface area (Å²) in [4.78, 5) is 28.8. The van der Waals surface area contributed by atoms with Crippen LogP contribution in [0.4, 0.5) is 5.69 Å². The van der Waals surface area contributed by atoms with E-state index in [1.807, 2.05) is 6.92 Å². The summed E-state index contributed by atoms with van der Waals surface area (Å²) >= 11 is 0. The van der Waals surface area contributed by atoms with Crippen LogP contribution >= 0.6 is 0 Å². The molecule has 2 aromatic rings. The van der Waals surface area contributed by atoms with E-state index >= 15 is 0 Å². The summed E-state index contributed by atoms with van der Waals surface area (Å²) in [5.74, 6) is -1.32. The minimum absolute atomic E-state index is 0.136. The molecule has 0 bridgehead atoms.